The summed E-state index contributed by atoms with van der Waals surface area (Å²) >= 11 is 5.34. The average Bonchev–Trinajstić information content (AvgIpc) is 2.73. The zero-order valence-electron chi connectivity index (χ0n) is 9.19. The molecule has 3 rings (SSSR count). The van der Waals surface area contributed by atoms with Gasteiger partial charge in [-0.05, 0) is 46.5 Å². The first-order valence-electron chi connectivity index (χ1n) is 5.52. The predicted molar refractivity (Wildman–Crippen MR) is 78.8 cm³/mol. The van der Waals surface area contributed by atoms with E-state index in [0.29, 0.717) is 0 Å². The van der Waals surface area contributed by atoms with Crippen molar-refractivity contribution in [3.05, 3.63) is 69.5 Å². The Bertz CT molecular complexity index is 655. The molecule has 2 aromatic carbocycles. The van der Waals surface area contributed by atoms with Crippen LogP contribution in [0, 0.1) is 0 Å². The van der Waals surface area contributed by atoms with Gasteiger partial charge in [0.15, 0.2) is 0 Å². The average molecular weight is 303 g/mol. The van der Waals surface area contributed by atoms with Crippen LogP contribution in [0.25, 0.3) is 10.1 Å². The molecule has 1 aromatic heterocycles. The predicted octanol–water partition coefficient (Wildman–Crippen LogP) is 5.25. The van der Waals surface area contributed by atoms with Crippen molar-refractivity contribution in [2.75, 3.05) is 0 Å². The number of thiophene rings is 1. The Morgan fingerprint density at radius 2 is 1.88 bits per heavy atom. The first-order chi connectivity index (χ1) is 8.33. The summed E-state index contributed by atoms with van der Waals surface area (Å²) < 4.78 is 2.52. The van der Waals surface area contributed by atoms with E-state index in [2.05, 4.69) is 69.8 Å². The van der Waals surface area contributed by atoms with Gasteiger partial charge in [-0.1, -0.05) is 46.3 Å². The summed E-state index contributed by atoms with van der Waals surface area (Å²) in [4.78, 5) is 0. The van der Waals surface area contributed by atoms with Gasteiger partial charge in [-0.15, -0.1) is 11.3 Å². The van der Waals surface area contributed by atoms with Crippen molar-refractivity contribution in [3.8, 4) is 0 Å². The molecule has 0 aliphatic carbocycles. The van der Waals surface area contributed by atoms with Gasteiger partial charge >= 0.3 is 0 Å². The second kappa shape index (κ2) is 4.63. The fraction of sp³-hybridized carbons (Fsp3) is 0.0667. The molecule has 0 saturated carbocycles. The van der Waals surface area contributed by atoms with Crippen LogP contribution < -0.4 is 0 Å². The minimum absolute atomic E-state index is 1.00. The summed E-state index contributed by atoms with van der Waals surface area (Å²) in [5, 5.41) is 3.66. The molecule has 1 heterocycles. The van der Waals surface area contributed by atoms with Crippen molar-refractivity contribution in [2.24, 2.45) is 0 Å². The topological polar surface area (TPSA) is 0 Å². The molecule has 0 atom stereocenters. The zero-order chi connectivity index (χ0) is 11.7. The van der Waals surface area contributed by atoms with E-state index in [1.54, 1.807) is 0 Å². The van der Waals surface area contributed by atoms with Crippen LogP contribution in [0.4, 0.5) is 0 Å². The lowest BCUT2D eigenvalue weighted by Gasteiger charge is -2.01. The van der Waals surface area contributed by atoms with E-state index in [-0.39, 0.29) is 0 Å². The summed E-state index contributed by atoms with van der Waals surface area (Å²) in [6.07, 6.45) is 1.00. The Hall–Kier alpha value is -1.12. The second-order valence-electron chi connectivity index (χ2n) is 4.06. The van der Waals surface area contributed by atoms with Gasteiger partial charge in [0.2, 0.25) is 0 Å². The minimum atomic E-state index is 1.00. The third kappa shape index (κ3) is 2.28. The zero-order valence-corrected chi connectivity index (χ0v) is 11.6. The SMILES string of the molecule is Brc1cccc(Cc2csc3ccccc23)c1. The van der Waals surface area contributed by atoms with Crippen LogP contribution in [0.3, 0.4) is 0 Å². The van der Waals surface area contributed by atoms with Crippen LogP contribution in [0.15, 0.2) is 58.4 Å². The van der Waals surface area contributed by atoms with Gasteiger partial charge in [0, 0.05) is 9.17 Å². The molecule has 84 valence electrons. The Balaban J connectivity index is 2.00. The molecule has 0 aliphatic heterocycles. The Morgan fingerprint density at radius 1 is 1.00 bits per heavy atom. The minimum Gasteiger partial charge on any atom is -0.144 e. The first-order valence-corrected chi connectivity index (χ1v) is 7.20. The second-order valence-corrected chi connectivity index (χ2v) is 5.89. The van der Waals surface area contributed by atoms with Gasteiger partial charge in [-0.25, -0.2) is 0 Å². The van der Waals surface area contributed by atoms with E-state index in [9.17, 15) is 0 Å². The summed E-state index contributed by atoms with van der Waals surface area (Å²) in [6.45, 7) is 0. The highest BCUT2D eigenvalue weighted by atomic mass is 79.9. The number of halogens is 1. The summed E-state index contributed by atoms with van der Waals surface area (Å²) in [7, 11) is 0. The van der Waals surface area contributed by atoms with Crippen molar-refractivity contribution >= 4 is 37.4 Å². The Morgan fingerprint density at radius 3 is 2.76 bits per heavy atom. The van der Waals surface area contributed by atoms with Crippen molar-refractivity contribution < 1.29 is 0 Å². The van der Waals surface area contributed by atoms with Crippen LogP contribution >= 0.6 is 27.3 Å². The van der Waals surface area contributed by atoms with Gasteiger partial charge in [0.25, 0.3) is 0 Å². The molecule has 2 heteroatoms. The summed E-state index contributed by atoms with van der Waals surface area (Å²) in [5.41, 5.74) is 2.77. The monoisotopic (exact) mass is 302 g/mol. The van der Waals surface area contributed by atoms with E-state index in [1.807, 2.05) is 11.3 Å². The molecule has 0 spiro atoms. The molecule has 0 bridgehead atoms. The van der Waals surface area contributed by atoms with Crippen molar-refractivity contribution in [1.29, 1.82) is 0 Å². The maximum atomic E-state index is 3.52. The highest BCUT2D eigenvalue weighted by Crippen LogP contribution is 2.27. The van der Waals surface area contributed by atoms with Crippen LogP contribution in [0.2, 0.25) is 0 Å². The Labute approximate surface area is 113 Å². The van der Waals surface area contributed by atoms with Crippen molar-refractivity contribution in [3.63, 3.8) is 0 Å². The highest BCUT2D eigenvalue weighted by Gasteiger charge is 2.04. The third-order valence-electron chi connectivity index (χ3n) is 2.84. The molecule has 3 aromatic rings. The van der Waals surface area contributed by atoms with Gasteiger partial charge in [-0.3, -0.25) is 0 Å². The van der Waals surface area contributed by atoms with Crippen LogP contribution in [-0.4, -0.2) is 0 Å². The fourth-order valence-corrected chi connectivity index (χ4v) is 3.45. The first kappa shape index (κ1) is 11.0. The quantitative estimate of drug-likeness (QED) is 0.606. The normalized spacial score (nSPS) is 10.9. The number of hydrogen-bond donors (Lipinski definition) is 0. The number of hydrogen-bond acceptors (Lipinski definition) is 1. The van der Waals surface area contributed by atoms with Gasteiger partial charge < -0.3 is 0 Å². The summed E-state index contributed by atoms with van der Waals surface area (Å²) in [6, 6.07) is 17.1. The van der Waals surface area contributed by atoms with Crippen molar-refractivity contribution in [2.45, 2.75) is 6.42 Å². The van der Waals surface area contributed by atoms with E-state index in [4.69, 9.17) is 0 Å². The standard InChI is InChI=1S/C15H11BrS/c16-13-5-3-4-11(9-13)8-12-10-17-15-7-2-1-6-14(12)15/h1-7,9-10H,8H2. The lowest BCUT2D eigenvalue weighted by atomic mass is 10.0. The Kier molecular flexibility index (Phi) is 3.00. The molecule has 0 amide bonds. The van der Waals surface area contributed by atoms with E-state index >= 15 is 0 Å². The lowest BCUT2D eigenvalue weighted by Crippen LogP contribution is -1.86. The lowest BCUT2D eigenvalue weighted by molar-refractivity contribution is 1.22. The number of rotatable bonds is 2. The number of fused-ring (bicyclic) bond motifs is 1. The molecule has 0 radical (unpaired) electrons. The summed E-state index contributed by atoms with van der Waals surface area (Å²) in [5.74, 6) is 0. The largest absolute Gasteiger partial charge is 0.144 e. The van der Waals surface area contributed by atoms with E-state index in [0.717, 1.165) is 10.9 Å². The van der Waals surface area contributed by atoms with Gasteiger partial charge in [0.1, 0.15) is 0 Å². The fourth-order valence-electron chi connectivity index (χ4n) is 2.04. The molecule has 0 fully saturated rings. The smallest absolute Gasteiger partial charge is 0.0345 e. The number of benzene rings is 2. The van der Waals surface area contributed by atoms with Gasteiger partial charge in [0.05, 0.1) is 0 Å². The third-order valence-corrected chi connectivity index (χ3v) is 4.35. The highest BCUT2D eigenvalue weighted by molar-refractivity contribution is 9.10. The molecular formula is C15H11BrS. The molecule has 0 unspecified atom stereocenters. The molecular weight excluding hydrogens is 292 g/mol. The van der Waals surface area contributed by atoms with Crippen LogP contribution in [-0.2, 0) is 6.42 Å². The maximum Gasteiger partial charge on any atom is 0.0345 e. The van der Waals surface area contributed by atoms with Gasteiger partial charge in [-0.2, -0.15) is 0 Å². The van der Waals surface area contributed by atoms with E-state index < -0.39 is 0 Å². The molecule has 0 N–H and O–H groups in total. The molecule has 0 nitrogen and oxygen atoms in total. The van der Waals surface area contributed by atoms with Crippen molar-refractivity contribution in [1.82, 2.24) is 0 Å². The molecule has 0 aliphatic rings. The van der Waals surface area contributed by atoms with E-state index in [1.165, 1.54) is 21.2 Å². The molecule has 0 saturated heterocycles. The molecule has 17 heavy (non-hydrogen) atoms. The maximum absolute atomic E-state index is 3.52. The van der Waals surface area contributed by atoms with Crippen LogP contribution in [0.5, 0.6) is 0 Å². The van der Waals surface area contributed by atoms with Crippen LogP contribution in [0.1, 0.15) is 11.1 Å².